The zero-order valence-corrected chi connectivity index (χ0v) is 16.6. The van der Waals surface area contributed by atoms with Gasteiger partial charge in [0.15, 0.2) is 5.82 Å². The lowest BCUT2D eigenvalue weighted by Crippen LogP contribution is -2.12. The minimum absolute atomic E-state index is 0.265. The molecule has 26 heavy (non-hydrogen) atoms. The maximum absolute atomic E-state index is 12.4. The molecular formula is C17H11BrClN5OS. The normalized spacial score (nSPS) is 11.0. The molecule has 1 N–H and O–H groups in total. The lowest BCUT2D eigenvalue weighted by molar-refractivity contribution is 0.102. The van der Waals surface area contributed by atoms with Crippen molar-refractivity contribution in [3.05, 3.63) is 63.3 Å². The minimum atomic E-state index is -0.265. The summed E-state index contributed by atoms with van der Waals surface area (Å²) < 4.78 is 2.51. The number of anilines is 1. The van der Waals surface area contributed by atoms with Crippen LogP contribution in [-0.4, -0.2) is 25.7 Å². The number of aryl methyl sites for hydroxylation is 1. The number of nitrogens with one attached hydrogen (secondary N) is 1. The Bertz CT molecular complexity index is 1120. The topological polar surface area (TPSA) is 72.2 Å². The van der Waals surface area contributed by atoms with E-state index >= 15 is 0 Å². The summed E-state index contributed by atoms with van der Waals surface area (Å²) in [6.07, 6.45) is 0. The molecule has 0 aliphatic heterocycles. The van der Waals surface area contributed by atoms with Crippen molar-refractivity contribution in [1.29, 1.82) is 0 Å². The fourth-order valence-corrected chi connectivity index (χ4v) is 3.85. The maximum atomic E-state index is 12.4. The summed E-state index contributed by atoms with van der Waals surface area (Å²) in [7, 11) is 0. The maximum Gasteiger partial charge on any atom is 0.257 e. The van der Waals surface area contributed by atoms with Crippen LogP contribution in [0.4, 0.5) is 5.69 Å². The van der Waals surface area contributed by atoms with E-state index < -0.39 is 0 Å². The third-order valence-corrected chi connectivity index (χ3v) is 5.48. The molecule has 2 heterocycles. The molecule has 0 spiro atoms. The number of rotatable bonds is 3. The summed E-state index contributed by atoms with van der Waals surface area (Å²) in [6, 6.07) is 12.6. The highest BCUT2D eigenvalue weighted by molar-refractivity contribution is 9.10. The van der Waals surface area contributed by atoms with Crippen molar-refractivity contribution in [2.24, 2.45) is 0 Å². The van der Waals surface area contributed by atoms with Gasteiger partial charge >= 0.3 is 0 Å². The summed E-state index contributed by atoms with van der Waals surface area (Å²) in [5.41, 5.74) is 2.03. The lowest BCUT2D eigenvalue weighted by atomic mass is 10.2. The summed E-state index contributed by atoms with van der Waals surface area (Å²) in [5.74, 6) is 0.482. The second-order valence-electron chi connectivity index (χ2n) is 5.50. The molecule has 9 heteroatoms. The summed E-state index contributed by atoms with van der Waals surface area (Å²) >= 11 is 10.9. The van der Waals surface area contributed by atoms with Gasteiger partial charge < -0.3 is 5.32 Å². The number of hydrogen-bond donors (Lipinski definition) is 1. The predicted molar refractivity (Wildman–Crippen MR) is 106 cm³/mol. The van der Waals surface area contributed by atoms with Gasteiger partial charge in [-0.2, -0.15) is 9.61 Å². The third-order valence-electron chi connectivity index (χ3n) is 3.71. The molecule has 0 unspecified atom stereocenters. The number of carbonyl (C=O) groups excluding carboxylic acids is 1. The first-order valence-corrected chi connectivity index (χ1v) is 9.56. The average molecular weight is 449 g/mol. The highest BCUT2D eigenvalue weighted by atomic mass is 79.9. The Kier molecular flexibility index (Phi) is 4.47. The first-order chi connectivity index (χ1) is 12.5. The second-order valence-corrected chi connectivity index (χ2v) is 7.78. The summed E-state index contributed by atoms with van der Waals surface area (Å²) in [5, 5.41) is 16.6. The van der Waals surface area contributed by atoms with E-state index in [9.17, 15) is 4.79 Å². The number of hydrogen-bond acceptors (Lipinski definition) is 5. The number of benzene rings is 2. The Labute approximate surface area is 166 Å². The molecule has 0 aliphatic carbocycles. The molecule has 1 amide bonds. The van der Waals surface area contributed by atoms with Gasteiger partial charge in [-0.15, -0.1) is 10.2 Å². The van der Waals surface area contributed by atoms with Crippen LogP contribution in [0.25, 0.3) is 15.5 Å². The molecule has 0 saturated carbocycles. The number of aromatic nitrogens is 4. The smallest absolute Gasteiger partial charge is 0.257 e. The zero-order chi connectivity index (χ0) is 18.3. The van der Waals surface area contributed by atoms with Crippen LogP contribution in [-0.2, 0) is 0 Å². The predicted octanol–water partition coefficient (Wildman–Crippen LogP) is 4.83. The van der Waals surface area contributed by atoms with Crippen LogP contribution in [0.1, 0.15) is 16.2 Å². The molecule has 2 aromatic heterocycles. The van der Waals surface area contributed by atoms with Gasteiger partial charge in [-0.1, -0.05) is 38.9 Å². The first kappa shape index (κ1) is 17.1. The van der Waals surface area contributed by atoms with E-state index in [1.165, 1.54) is 11.3 Å². The van der Waals surface area contributed by atoms with Crippen LogP contribution in [0.3, 0.4) is 0 Å². The van der Waals surface area contributed by atoms with E-state index in [1.54, 1.807) is 22.7 Å². The van der Waals surface area contributed by atoms with Crippen LogP contribution in [0.15, 0.2) is 46.9 Å². The molecule has 4 aromatic rings. The zero-order valence-electron chi connectivity index (χ0n) is 13.4. The molecule has 0 bridgehead atoms. The van der Waals surface area contributed by atoms with Gasteiger partial charge in [-0.3, -0.25) is 4.79 Å². The Morgan fingerprint density at radius 2 is 1.96 bits per heavy atom. The number of halogens is 2. The van der Waals surface area contributed by atoms with Crippen molar-refractivity contribution in [2.75, 3.05) is 5.32 Å². The standard InChI is InChI=1S/C17H11BrClN5OS/c1-9-21-22-17-24(9)23-16(26-17)10-2-5-12(6-3-10)20-15(25)13-8-11(18)4-7-14(13)19/h2-8H,1H3,(H,20,25). The SMILES string of the molecule is Cc1nnc2sc(-c3ccc(NC(=O)c4cc(Br)ccc4Cl)cc3)nn12. The van der Waals surface area contributed by atoms with Crippen LogP contribution in [0.2, 0.25) is 5.02 Å². The number of nitrogens with zero attached hydrogens (tertiary/aromatic N) is 4. The van der Waals surface area contributed by atoms with Gasteiger partial charge in [-0.05, 0) is 49.4 Å². The molecule has 2 aromatic carbocycles. The fraction of sp³-hybridized carbons (Fsp3) is 0.0588. The highest BCUT2D eigenvalue weighted by Gasteiger charge is 2.13. The van der Waals surface area contributed by atoms with Gasteiger partial charge in [0.2, 0.25) is 4.96 Å². The average Bonchev–Trinajstić information content (AvgIpc) is 3.20. The first-order valence-electron chi connectivity index (χ1n) is 7.57. The Morgan fingerprint density at radius 1 is 1.19 bits per heavy atom. The fourth-order valence-electron chi connectivity index (χ4n) is 2.40. The summed E-state index contributed by atoms with van der Waals surface area (Å²) in [4.78, 5) is 13.2. The van der Waals surface area contributed by atoms with Crippen molar-refractivity contribution >= 4 is 55.4 Å². The molecule has 6 nitrogen and oxygen atoms in total. The number of carbonyl (C=O) groups is 1. The van der Waals surface area contributed by atoms with E-state index in [2.05, 4.69) is 36.5 Å². The van der Waals surface area contributed by atoms with E-state index in [-0.39, 0.29) is 5.91 Å². The van der Waals surface area contributed by atoms with Gasteiger partial charge in [0.05, 0.1) is 10.6 Å². The third kappa shape index (κ3) is 3.23. The van der Waals surface area contributed by atoms with Crippen LogP contribution in [0.5, 0.6) is 0 Å². The molecule has 4 rings (SSSR count). The molecule has 0 radical (unpaired) electrons. The highest BCUT2D eigenvalue weighted by Crippen LogP contribution is 2.27. The van der Waals surface area contributed by atoms with Crippen molar-refractivity contribution in [1.82, 2.24) is 19.8 Å². The summed E-state index contributed by atoms with van der Waals surface area (Å²) in [6.45, 7) is 1.86. The minimum Gasteiger partial charge on any atom is -0.322 e. The van der Waals surface area contributed by atoms with Crippen LogP contribution in [0, 0.1) is 6.92 Å². The van der Waals surface area contributed by atoms with E-state index in [0.29, 0.717) is 16.3 Å². The molecule has 0 saturated heterocycles. The van der Waals surface area contributed by atoms with E-state index in [1.807, 2.05) is 31.2 Å². The van der Waals surface area contributed by atoms with Crippen LogP contribution >= 0.6 is 38.9 Å². The Hall–Kier alpha value is -2.29. The van der Waals surface area contributed by atoms with Gasteiger partial charge in [0, 0.05) is 15.7 Å². The molecule has 0 fully saturated rings. The Morgan fingerprint density at radius 3 is 2.69 bits per heavy atom. The van der Waals surface area contributed by atoms with E-state index in [0.717, 1.165) is 25.8 Å². The molecule has 0 aliphatic rings. The van der Waals surface area contributed by atoms with Crippen molar-refractivity contribution < 1.29 is 4.79 Å². The molecule has 130 valence electrons. The second kappa shape index (κ2) is 6.79. The Balaban J connectivity index is 1.55. The van der Waals surface area contributed by atoms with Crippen molar-refractivity contribution in [2.45, 2.75) is 6.92 Å². The monoisotopic (exact) mass is 447 g/mol. The molecule has 0 atom stereocenters. The van der Waals surface area contributed by atoms with Crippen molar-refractivity contribution in [3.63, 3.8) is 0 Å². The number of amides is 1. The largest absolute Gasteiger partial charge is 0.322 e. The van der Waals surface area contributed by atoms with Crippen LogP contribution < -0.4 is 5.32 Å². The van der Waals surface area contributed by atoms with Gasteiger partial charge in [0.25, 0.3) is 5.91 Å². The van der Waals surface area contributed by atoms with Gasteiger partial charge in [0.1, 0.15) is 5.01 Å². The number of fused-ring (bicyclic) bond motifs is 1. The quantitative estimate of drug-likeness (QED) is 0.487. The van der Waals surface area contributed by atoms with Crippen molar-refractivity contribution in [3.8, 4) is 10.6 Å². The van der Waals surface area contributed by atoms with E-state index in [4.69, 9.17) is 11.6 Å². The molecular weight excluding hydrogens is 438 g/mol. The lowest BCUT2D eigenvalue weighted by Gasteiger charge is -2.07. The van der Waals surface area contributed by atoms with Gasteiger partial charge in [-0.25, -0.2) is 0 Å².